The van der Waals surface area contributed by atoms with Crippen LogP contribution >= 0.6 is 0 Å². The van der Waals surface area contributed by atoms with Gasteiger partial charge < -0.3 is 18.8 Å². The fourth-order valence-corrected chi connectivity index (χ4v) is 2.86. The van der Waals surface area contributed by atoms with Gasteiger partial charge in [0.15, 0.2) is 11.5 Å². The quantitative estimate of drug-likeness (QED) is 0.660. The predicted molar refractivity (Wildman–Crippen MR) is 106 cm³/mol. The SMILES string of the molecule is COc1cc(C(=O)N=c2ccccn2Cc2ccccc2)cc(OC)c1OC. The van der Waals surface area contributed by atoms with Crippen molar-refractivity contribution in [2.24, 2.45) is 4.99 Å². The molecular weight excluding hydrogens is 356 g/mol. The van der Waals surface area contributed by atoms with Gasteiger partial charge >= 0.3 is 0 Å². The van der Waals surface area contributed by atoms with E-state index in [-0.39, 0.29) is 0 Å². The van der Waals surface area contributed by atoms with E-state index in [0.29, 0.717) is 34.8 Å². The second-order valence-electron chi connectivity index (χ2n) is 6.00. The van der Waals surface area contributed by atoms with Crippen molar-refractivity contribution in [3.8, 4) is 17.2 Å². The van der Waals surface area contributed by atoms with Crippen molar-refractivity contribution in [2.75, 3.05) is 21.3 Å². The molecule has 0 aliphatic heterocycles. The van der Waals surface area contributed by atoms with Crippen molar-refractivity contribution in [1.29, 1.82) is 0 Å². The van der Waals surface area contributed by atoms with Crippen LogP contribution in [0.3, 0.4) is 0 Å². The molecule has 1 amide bonds. The van der Waals surface area contributed by atoms with Gasteiger partial charge in [-0.1, -0.05) is 36.4 Å². The third-order valence-corrected chi connectivity index (χ3v) is 4.24. The van der Waals surface area contributed by atoms with Crippen molar-refractivity contribution in [2.45, 2.75) is 6.54 Å². The first-order chi connectivity index (χ1) is 13.7. The van der Waals surface area contributed by atoms with Crippen LogP contribution in [0.1, 0.15) is 15.9 Å². The highest BCUT2D eigenvalue weighted by molar-refractivity contribution is 5.96. The van der Waals surface area contributed by atoms with Gasteiger partial charge in [0, 0.05) is 18.3 Å². The highest BCUT2D eigenvalue weighted by Crippen LogP contribution is 2.38. The Morgan fingerprint density at radius 3 is 2.14 bits per heavy atom. The van der Waals surface area contributed by atoms with Crippen LogP contribution in [0.25, 0.3) is 0 Å². The Balaban J connectivity index is 2.00. The number of hydrogen-bond donors (Lipinski definition) is 0. The molecule has 0 aliphatic carbocycles. The predicted octanol–water partition coefficient (Wildman–Crippen LogP) is 3.30. The lowest BCUT2D eigenvalue weighted by molar-refractivity contribution is 0.0996. The monoisotopic (exact) mass is 378 g/mol. The number of methoxy groups -OCH3 is 3. The van der Waals surface area contributed by atoms with E-state index in [0.717, 1.165) is 5.56 Å². The molecule has 0 unspecified atom stereocenters. The minimum atomic E-state index is -0.396. The van der Waals surface area contributed by atoms with Gasteiger partial charge in [0.25, 0.3) is 5.91 Å². The number of hydrogen-bond acceptors (Lipinski definition) is 4. The minimum Gasteiger partial charge on any atom is -0.493 e. The van der Waals surface area contributed by atoms with Crippen molar-refractivity contribution in [1.82, 2.24) is 4.57 Å². The number of nitrogens with zero attached hydrogens (tertiary/aromatic N) is 2. The Labute approximate surface area is 163 Å². The Morgan fingerprint density at radius 2 is 1.54 bits per heavy atom. The minimum absolute atomic E-state index is 0.351. The van der Waals surface area contributed by atoms with Crippen molar-refractivity contribution < 1.29 is 19.0 Å². The van der Waals surface area contributed by atoms with Crippen LogP contribution in [0, 0.1) is 0 Å². The lowest BCUT2D eigenvalue weighted by Crippen LogP contribution is -2.22. The summed E-state index contributed by atoms with van der Waals surface area (Å²) in [6.07, 6.45) is 1.90. The van der Waals surface area contributed by atoms with E-state index >= 15 is 0 Å². The van der Waals surface area contributed by atoms with Gasteiger partial charge in [-0.05, 0) is 29.8 Å². The second-order valence-corrected chi connectivity index (χ2v) is 6.00. The summed E-state index contributed by atoms with van der Waals surface area (Å²) in [6, 6.07) is 18.8. The fourth-order valence-electron chi connectivity index (χ4n) is 2.86. The lowest BCUT2D eigenvalue weighted by Gasteiger charge is -2.13. The molecule has 1 heterocycles. The van der Waals surface area contributed by atoms with Crippen LogP contribution in [0.5, 0.6) is 17.2 Å². The van der Waals surface area contributed by atoms with Gasteiger partial charge in [0.2, 0.25) is 5.75 Å². The first-order valence-electron chi connectivity index (χ1n) is 8.74. The third kappa shape index (κ3) is 4.23. The van der Waals surface area contributed by atoms with E-state index in [1.165, 1.54) is 21.3 Å². The van der Waals surface area contributed by atoms with E-state index in [4.69, 9.17) is 14.2 Å². The number of carbonyl (C=O) groups excluding carboxylic acids is 1. The summed E-state index contributed by atoms with van der Waals surface area (Å²) in [4.78, 5) is 17.1. The first-order valence-corrected chi connectivity index (χ1v) is 8.74. The maximum atomic E-state index is 12.8. The lowest BCUT2D eigenvalue weighted by atomic mass is 10.1. The van der Waals surface area contributed by atoms with Crippen LogP contribution in [-0.2, 0) is 6.54 Å². The normalized spacial score (nSPS) is 11.2. The third-order valence-electron chi connectivity index (χ3n) is 4.24. The number of carbonyl (C=O) groups is 1. The molecule has 6 nitrogen and oxygen atoms in total. The van der Waals surface area contributed by atoms with Crippen molar-refractivity contribution in [3.63, 3.8) is 0 Å². The molecule has 2 aromatic carbocycles. The topological polar surface area (TPSA) is 62.0 Å². The standard InChI is InChI=1S/C22H22N2O4/c1-26-18-13-17(14-19(27-2)21(18)28-3)22(25)23-20-11-7-8-12-24(20)15-16-9-5-4-6-10-16/h4-14H,15H2,1-3H3. The van der Waals surface area contributed by atoms with E-state index < -0.39 is 5.91 Å². The van der Waals surface area contributed by atoms with Crippen LogP contribution in [0.2, 0.25) is 0 Å². The fraction of sp³-hybridized carbons (Fsp3) is 0.182. The van der Waals surface area contributed by atoms with Gasteiger partial charge in [-0.2, -0.15) is 4.99 Å². The molecule has 0 bridgehead atoms. The molecule has 0 aliphatic rings. The number of amides is 1. The second kappa shape index (κ2) is 8.90. The zero-order chi connectivity index (χ0) is 19.9. The van der Waals surface area contributed by atoms with Gasteiger partial charge in [-0.3, -0.25) is 4.79 Å². The van der Waals surface area contributed by atoms with Gasteiger partial charge in [0.1, 0.15) is 5.49 Å². The average Bonchev–Trinajstić information content (AvgIpc) is 2.74. The molecular formula is C22H22N2O4. The molecule has 144 valence electrons. The molecule has 3 aromatic rings. The molecule has 28 heavy (non-hydrogen) atoms. The number of aromatic nitrogens is 1. The van der Waals surface area contributed by atoms with Gasteiger partial charge in [-0.25, -0.2) is 0 Å². The maximum absolute atomic E-state index is 12.8. The largest absolute Gasteiger partial charge is 0.493 e. The first kappa shape index (κ1) is 19.2. The molecule has 1 aromatic heterocycles. The number of ether oxygens (including phenoxy) is 3. The van der Waals surface area contributed by atoms with E-state index in [9.17, 15) is 4.79 Å². The highest BCUT2D eigenvalue weighted by Gasteiger charge is 2.16. The number of pyridine rings is 1. The molecule has 0 atom stereocenters. The van der Waals surface area contributed by atoms with Gasteiger partial charge in [-0.15, -0.1) is 0 Å². The molecule has 0 fully saturated rings. The summed E-state index contributed by atoms with van der Waals surface area (Å²) in [5.74, 6) is 0.851. The van der Waals surface area contributed by atoms with Crippen molar-refractivity contribution >= 4 is 5.91 Å². The highest BCUT2D eigenvalue weighted by atomic mass is 16.5. The summed E-state index contributed by atoms with van der Waals surface area (Å²) >= 11 is 0. The molecule has 0 N–H and O–H groups in total. The summed E-state index contributed by atoms with van der Waals surface area (Å²) in [7, 11) is 4.53. The van der Waals surface area contributed by atoms with Crippen LogP contribution in [-0.4, -0.2) is 31.8 Å². The van der Waals surface area contributed by atoms with E-state index in [1.807, 2.05) is 53.2 Å². The average molecular weight is 378 g/mol. The Hall–Kier alpha value is -3.54. The Kier molecular flexibility index (Phi) is 6.11. The Bertz CT molecular complexity index is 1000. The molecule has 0 saturated carbocycles. The molecule has 0 radical (unpaired) electrons. The summed E-state index contributed by atoms with van der Waals surface area (Å²) in [5.41, 5.74) is 2.03. The summed E-state index contributed by atoms with van der Waals surface area (Å²) in [5, 5.41) is 0. The Morgan fingerprint density at radius 1 is 0.893 bits per heavy atom. The molecule has 6 heteroatoms. The van der Waals surface area contributed by atoms with Crippen LogP contribution in [0.15, 0.2) is 71.9 Å². The zero-order valence-corrected chi connectivity index (χ0v) is 16.1. The number of benzene rings is 2. The van der Waals surface area contributed by atoms with Gasteiger partial charge in [0.05, 0.1) is 21.3 Å². The van der Waals surface area contributed by atoms with Crippen LogP contribution in [0.4, 0.5) is 0 Å². The van der Waals surface area contributed by atoms with Crippen LogP contribution < -0.4 is 19.7 Å². The summed E-state index contributed by atoms with van der Waals surface area (Å²) in [6.45, 7) is 0.614. The molecule has 0 saturated heterocycles. The molecule has 3 rings (SSSR count). The summed E-state index contributed by atoms with van der Waals surface area (Å²) < 4.78 is 17.9. The van der Waals surface area contributed by atoms with E-state index in [2.05, 4.69) is 4.99 Å². The maximum Gasteiger partial charge on any atom is 0.279 e. The smallest absolute Gasteiger partial charge is 0.279 e. The zero-order valence-electron chi connectivity index (χ0n) is 16.1. The number of rotatable bonds is 6. The molecule has 0 spiro atoms. The van der Waals surface area contributed by atoms with E-state index in [1.54, 1.807) is 18.2 Å². The van der Waals surface area contributed by atoms with Crippen molar-refractivity contribution in [3.05, 3.63) is 83.5 Å².